The summed E-state index contributed by atoms with van der Waals surface area (Å²) in [4.78, 5) is 46.0. The third-order valence-corrected chi connectivity index (χ3v) is 11.7. The van der Waals surface area contributed by atoms with Crippen molar-refractivity contribution < 1.29 is 55.4 Å². The predicted molar refractivity (Wildman–Crippen MR) is 215 cm³/mol. The quantitative estimate of drug-likeness (QED) is 0.0756. The minimum Gasteiger partial charge on any atom is -0.493 e. The summed E-state index contributed by atoms with van der Waals surface area (Å²) in [5, 5.41) is 0. The van der Waals surface area contributed by atoms with E-state index >= 15 is 9.59 Å². The van der Waals surface area contributed by atoms with E-state index in [1.807, 2.05) is 13.0 Å². The fraction of sp³-hybridized carbons (Fsp3) is 0.310. The minimum atomic E-state index is -4.43. The number of hydrogen-bond donors (Lipinski definition) is 0. The van der Waals surface area contributed by atoms with Crippen molar-refractivity contribution in [3.05, 3.63) is 110 Å². The molecule has 0 aromatic heterocycles. The van der Waals surface area contributed by atoms with Gasteiger partial charge in [0.1, 0.15) is 16.6 Å². The number of amides is 3. The number of carbonyl (C=O) groups is 3. The van der Waals surface area contributed by atoms with Crippen molar-refractivity contribution in [2.24, 2.45) is 0 Å². The van der Waals surface area contributed by atoms with E-state index < -0.39 is 40.2 Å². The summed E-state index contributed by atoms with van der Waals surface area (Å²) >= 11 is 3.63. The molecule has 4 aromatic rings. The lowest BCUT2D eigenvalue weighted by atomic mass is 9.96. The number of carbonyl (C=O) groups excluding carboxylic acids is 3. The second-order valence-corrected chi connectivity index (χ2v) is 16.2. The number of nitrogens with zero attached hydrogens (tertiary/aromatic N) is 2. The molecule has 0 saturated carbocycles. The van der Waals surface area contributed by atoms with Crippen LogP contribution in [0.3, 0.4) is 0 Å². The number of piperazine rings is 1. The van der Waals surface area contributed by atoms with Gasteiger partial charge in [0, 0.05) is 34.7 Å². The summed E-state index contributed by atoms with van der Waals surface area (Å²) in [6.07, 6.45) is -0.551. The molecule has 4 aromatic carbocycles. The lowest BCUT2D eigenvalue weighted by molar-refractivity contribution is -0.149. The zero-order chi connectivity index (χ0) is 41.9. The molecule has 0 radical (unpaired) electrons. The molecule has 1 fully saturated rings. The molecule has 0 spiro atoms. The molecule has 2 aliphatic heterocycles. The number of aryl methyl sites for hydroxylation is 1. The van der Waals surface area contributed by atoms with Crippen molar-refractivity contribution in [1.29, 1.82) is 0 Å². The molecule has 0 bridgehead atoms. The van der Waals surface area contributed by atoms with Gasteiger partial charge in [-0.2, -0.15) is 8.42 Å². The van der Waals surface area contributed by atoms with Crippen LogP contribution in [-0.4, -0.2) is 76.1 Å². The van der Waals surface area contributed by atoms with E-state index in [1.54, 1.807) is 70.2 Å². The first-order valence-electron chi connectivity index (χ1n) is 18.2. The first-order chi connectivity index (χ1) is 27.6. The van der Waals surface area contributed by atoms with Gasteiger partial charge < -0.3 is 37.5 Å². The van der Waals surface area contributed by atoms with Crippen molar-refractivity contribution in [3.8, 4) is 28.7 Å². The summed E-state index contributed by atoms with van der Waals surface area (Å²) in [7, 11) is -1.47. The van der Waals surface area contributed by atoms with E-state index in [-0.39, 0.29) is 65.5 Å². The Bertz CT molecular complexity index is 2370. The third-order valence-electron chi connectivity index (χ3n) is 9.41. The lowest BCUT2D eigenvalue weighted by Crippen LogP contribution is -2.61. The maximum absolute atomic E-state index is 15.1. The van der Waals surface area contributed by atoms with Crippen LogP contribution in [0.1, 0.15) is 47.2 Å². The van der Waals surface area contributed by atoms with Crippen LogP contribution < -0.4 is 23.1 Å². The summed E-state index contributed by atoms with van der Waals surface area (Å²) < 4.78 is 67.3. The van der Waals surface area contributed by atoms with E-state index in [0.717, 1.165) is 10.5 Å². The highest BCUT2D eigenvalue weighted by molar-refractivity contribution is 9.10. The largest absolute Gasteiger partial charge is 0.493 e. The fourth-order valence-electron chi connectivity index (χ4n) is 6.60. The molecule has 0 N–H and O–H groups in total. The molecule has 2 aliphatic rings. The van der Waals surface area contributed by atoms with Crippen molar-refractivity contribution >= 4 is 50.0 Å². The number of halogens is 1. The molecular formula is C42H43BrN2O12S. The third kappa shape index (κ3) is 8.63. The second-order valence-electron chi connectivity index (χ2n) is 13.8. The molecule has 1 atom stereocenters. The maximum Gasteiger partial charge on any atom is 0.417 e. The zero-order valence-electron chi connectivity index (χ0n) is 33.0. The van der Waals surface area contributed by atoms with Crippen molar-refractivity contribution in [3.63, 3.8) is 0 Å². The summed E-state index contributed by atoms with van der Waals surface area (Å²) in [5.41, 5.74) is 2.76. The normalized spacial score (nSPS) is 15.9. The topological polar surface area (TPSA) is 156 Å². The number of fused-ring (bicyclic) bond motifs is 1. The highest BCUT2D eigenvalue weighted by Gasteiger charge is 2.47. The molecule has 2 heterocycles. The molecule has 6 rings (SSSR count). The number of benzene rings is 4. The second kappa shape index (κ2) is 17.5. The fourth-order valence-corrected chi connectivity index (χ4v) is 8.06. The Hall–Kier alpha value is -5.58. The zero-order valence-corrected chi connectivity index (χ0v) is 35.4. The number of hydrogen-bond acceptors (Lipinski definition) is 12. The highest BCUT2D eigenvalue weighted by atomic mass is 79.9. The summed E-state index contributed by atoms with van der Waals surface area (Å²) in [5.74, 6) is -0.426. The van der Waals surface area contributed by atoms with Crippen LogP contribution in [0.2, 0.25) is 0 Å². The Labute approximate surface area is 345 Å². The lowest BCUT2D eigenvalue weighted by Gasteiger charge is -2.40. The Balaban J connectivity index is 1.53. The number of rotatable bonds is 13. The van der Waals surface area contributed by atoms with Crippen LogP contribution in [0.15, 0.2) is 81.8 Å². The van der Waals surface area contributed by atoms with Crippen molar-refractivity contribution in [1.82, 2.24) is 9.80 Å². The highest BCUT2D eigenvalue weighted by Crippen LogP contribution is 2.45. The molecular weight excluding hydrogens is 836 g/mol. The summed E-state index contributed by atoms with van der Waals surface area (Å²) in [6, 6.07) is 16.8. The molecule has 1 unspecified atom stereocenters. The first kappa shape index (κ1) is 42.0. The Kier molecular flexibility index (Phi) is 12.7. The van der Waals surface area contributed by atoms with Crippen LogP contribution >= 0.6 is 15.9 Å². The van der Waals surface area contributed by atoms with Gasteiger partial charge in [0.15, 0.2) is 35.5 Å². The maximum atomic E-state index is 15.1. The SMILES string of the molecule is COCOc1cc(CC2C(=O)N(Cc3ccccc3)/C(=C\c3cc4c(c(C)c3OS(=O)(=O)c3ccc(C)cc3)OCO4)C(=O)N2C(=O)OC(C)C)c(Br)c(C)c1OC. The monoisotopic (exact) mass is 878 g/mol. The van der Waals surface area contributed by atoms with Crippen LogP contribution in [0.4, 0.5) is 4.79 Å². The van der Waals surface area contributed by atoms with Gasteiger partial charge in [-0.1, -0.05) is 64.0 Å². The Morgan fingerprint density at radius 1 is 0.966 bits per heavy atom. The number of methoxy groups -OCH3 is 2. The number of ether oxygens (including phenoxy) is 6. The average molecular weight is 880 g/mol. The smallest absolute Gasteiger partial charge is 0.417 e. The average Bonchev–Trinajstić information content (AvgIpc) is 3.66. The molecule has 14 nitrogen and oxygen atoms in total. The Morgan fingerprint density at radius 3 is 2.33 bits per heavy atom. The Morgan fingerprint density at radius 2 is 1.67 bits per heavy atom. The van der Waals surface area contributed by atoms with E-state index in [1.165, 1.54) is 43.4 Å². The minimum absolute atomic E-state index is 0.0655. The van der Waals surface area contributed by atoms with Gasteiger partial charge in [0.2, 0.25) is 6.79 Å². The standard InChI is InChI=1S/C42H43BrN2O12S/c1-24(2)56-42(48)45-33(17-29-19-34(53-22-51-6)38(52-7)26(4)36(29)43)40(46)44(21-28-11-9-8-10-12-28)32(41(45)47)18-30-20-35-39(55-23-54-35)27(5)37(30)57-58(49,50)31-15-13-25(3)14-16-31/h8-16,18-20,24,33H,17,21-23H2,1-7H3/b32-18-. The van der Waals surface area contributed by atoms with E-state index in [4.69, 9.17) is 32.6 Å². The molecule has 1 saturated heterocycles. The molecule has 3 amide bonds. The van der Waals surface area contributed by atoms with Crippen molar-refractivity contribution in [2.75, 3.05) is 27.8 Å². The van der Waals surface area contributed by atoms with E-state index in [2.05, 4.69) is 15.9 Å². The van der Waals surface area contributed by atoms with Crippen LogP contribution in [0.25, 0.3) is 6.08 Å². The van der Waals surface area contributed by atoms with Gasteiger partial charge >= 0.3 is 16.2 Å². The number of imide groups is 1. The van der Waals surface area contributed by atoms with Gasteiger partial charge in [-0.25, -0.2) is 9.69 Å². The van der Waals surface area contributed by atoms with Gasteiger partial charge in [-0.15, -0.1) is 0 Å². The first-order valence-corrected chi connectivity index (χ1v) is 20.4. The molecule has 306 valence electrons. The van der Waals surface area contributed by atoms with E-state index in [0.29, 0.717) is 32.7 Å². The van der Waals surface area contributed by atoms with Gasteiger partial charge in [0.05, 0.1) is 19.8 Å². The van der Waals surface area contributed by atoms with Crippen LogP contribution in [0, 0.1) is 20.8 Å². The summed E-state index contributed by atoms with van der Waals surface area (Å²) in [6.45, 7) is 8.12. The molecule has 0 aliphatic carbocycles. The van der Waals surface area contributed by atoms with Crippen molar-refractivity contribution in [2.45, 2.75) is 64.6 Å². The van der Waals surface area contributed by atoms with Crippen LogP contribution in [0.5, 0.6) is 28.7 Å². The van der Waals surface area contributed by atoms with Gasteiger partial charge in [-0.3, -0.25) is 9.59 Å². The predicted octanol–water partition coefficient (Wildman–Crippen LogP) is 7.23. The van der Waals surface area contributed by atoms with Crippen LogP contribution in [-0.2, 0) is 42.1 Å². The van der Waals surface area contributed by atoms with E-state index in [9.17, 15) is 13.2 Å². The molecule has 16 heteroatoms. The molecule has 58 heavy (non-hydrogen) atoms. The van der Waals surface area contributed by atoms with Gasteiger partial charge in [-0.05, 0) is 76.1 Å². The van der Waals surface area contributed by atoms with Gasteiger partial charge in [0.25, 0.3) is 11.8 Å².